The van der Waals surface area contributed by atoms with Gasteiger partial charge in [0.2, 0.25) is 15.9 Å². The molecule has 0 aliphatic heterocycles. The van der Waals surface area contributed by atoms with Crippen LogP contribution in [-0.4, -0.2) is 46.9 Å². The van der Waals surface area contributed by atoms with E-state index >= 15 is 0 Å². The van der Waals surface area contributed by atoms with Gasteiger partial charge in [0, 0.05) is 30.2 Å². The highest BCUT2D eigenvalue weighted by Crippen LogP contribution is 2.44. The third-order valence-corrected chi connectivity index (χ3v) is 8.04. The smallest absolute Gasteiger partial charge is 0.343 e. The molecule has 0 bridgehead atoms. The maximum Gasteiger partial charge on any atom is 0.343 e. The highest BCUT2D eigenvalue weighted by molar-refractivity contribution is 7.94. The average Bonchev–Trinajstić information content (AvgIpc) is 3.39. The molecule has 164 valence electrons. The molecule has 4 rings (SSSR count). The molecule has 0 spiro atoms. The van der Waals surface area contributed by atoms with Gasteiger partial charge in [0.15, 0.2) is 5.13 Å². The summed E-state index contributed by atoms with van der Waals surface area (Å²) < 4.78 is 39.1. The third-order valence-electron chi connectivity index (χ3n) is 5.09. The molecule has 1 aliphatic carbocycles. The quantitative estimate of drug-likeness (QED) is 0.501. The molecule has 0 radical (unpaired) electrons. The van der Waals surface area contributed by atoms with Gasteiger partial charge >= 0.3 is 5.97 Å². The Morgan fingerprint density at radius 1 is 1.32 bits per heavy atom. The number of aryl methyl sites for hydroxylation is 1. The standard InChI is InChI=1S/C19H20N4O6S2/c1-3-28-17(25)13-10-12-4-7-20-15(14(12)23(2)16(13)24)29-11-19(5-6-19)31(26,27)22-18-21-8-9-30-18/h4,7-10H,3,5-6,11H2,1-2H3,(H,21,22). The van der Waals surface area contributed by atoms with Crippen LogP contribution in [0, 0.1) is 0 Å². The van der Waals surface area contributed by atoms with Gasteiger partial charge in [-0.25, -0.2) is 23.2 Å². The summed E-state index contributed by atoms with van der Waals surface area (Å²) in [6.07, 6.45) is 3.86. The number of carbonyl (C=O) groups is 1. The van der Waals surface area contributed by atoms with E-state index in [0.717, 1.165) is 0 Å². The highest BCUT2D eigenvalue weighted by atomic mass is 32.2. The summed E-state index contributed by atoms with van der Waals surface area (Å²) in [5, 5.41) is 2.52. The Labute approximate surface area is 181 Å². The van der Waals surface area contributed by atoms with Gasteiger partial charge in [0.05, 0.1) is 6.61 Å². The SMILES string of the molecule is CCOC(=O)c1cc2ccnc(OCC3(S(=O)(=O)Nc4nccs4)CC3)c2n(C)c1=O. The molecule has 31 heavy (non-hydrogen) atoms. The lowest BCUT2D eigenvalue weighted by molar-refractivity contribution is 0.0524. The van der Waals surface area contributed by atoms with E-state index in [1.807, 2.05) is 0 Å². The molecule has 3 heterocycles. The number of rotatable bonds is 8. The molecule has 12 heteroatoms. The number of nitrogens with zero attached hydrogens (tertiary/aromatic N) is 3. The van der Waals surface area contributed by atoms with Crippen molar-refractivity contribution >= 4 is 43.4 Å². The van der Waals surface area contributed by atoms with E-state index in [4.69, 9.17) is 9.47 Å². The van der Waals surface area contributed by atoms with E-state index in [1.165, 1.54) is 41.4 Å². The second-order valence-electron chi connectivity index (χ2n) is 7.11. The lowest BCUT2D eigenvalue weighted by Crippen LogP contribution is -2.35. The summed E-state index contributed by atoms with van der Waals surface area (Å²) in [4.78, 5) is 32.9. The number of fused-ring (bicyclic) bond motifs is 1. The fourth-order valence-corrected chi connectivity index (χ4v) is 5.44. The first kappa shape index (κ1) is 21.2. The van der Waals surface area contributed by atoms with Crippen molar-refractivity contribution in [2.45, 2.75) is 24.5 Å². The Kier molecular flexibility index (Phi) is 5.43. The first-order chi connectivity index (χ1) is 14.8. The van der Waals surface area contributed by atoms with Gasteiger partial charge in [-0.1, -0.05) is 0 Å². The van der Waals surface area contributed by atoms with Gasteiger partial charge < -0.3 is 14.0 Å². The second kappa shape index (κ2) is 7.93. The normalized spacial score (nSPS) is 14.9. The molecule has 1 saturated carbocycles. The molecule has 0 atom stereocenters. The molecular weight excluding hydrogens is 444 g/mol. The van der Waals surface area contributed by atoms with Gasteiger partial charge in [-0.05, 0) is 31.9 Å². The first-order valence-corrected chi connectivity index (χ1v) is 11.8. The number of nitrogens with one attached hydrogen (secondary N) is 1. The number of hydrogen-bond donors (Lipinski definition) is 1. The maximum atomic E-state index is 12.8. The van der Waals surface area contributed by atoms with Crippen LogP contribution in [0.5, 0.6) is 5.88 Å². The van der Waals surface area contributed by atoms with Crippen molar-refractivity contribution < 1.29 is 22.7 Å². The zero-order valence-corrected chi connectivity index (χ0v) is 18.5. The minimum absolute atomic E-state index is 0.0945. The molecule has 0 unspecified atom stereocenters. The van der Waals surface area contributed by atoms with Crippen molar-refractivity contribution in [3.05, 3.63) is 45.8 Å². The minimum atomic E-state index is -3.72. The molecule has 3 aromatic heterocycles. The number of thiazole rings is 1. The monoisotopic (exact) mass is 464 g/mol. The molecule has 1 fully saturated rings. The number of ether oxygens (including phenoxy) is 2. The number of sulfonamides is 1. The summed E-state index contributed by atoms with van der Waals surface area (Å²) in [7, 11) is -2.23. The molecule has 1 N–H and O–H groups in total. The number of carbonyl (C=O) groups excluding carboxylic acids is 1. The van der Waals surface area contributed by atoms with E-state index < -0.39 is 26.3 Å². The van der Waals surface area contributed by atoms with Crippen LogP contribution in [0.2, 0.25) is 0 Å². The first-order valence-electron chi connectivity index (χ1n) is 9.48. The van der Waals surface area contributed by atoms with Gasteiger partial charge in [0.1, 0.15) is 22.4 Å². The van der Waals surface area contributed by atoms with Crippen LogP contribution >= 0.6 is 11.3 Å². The van der Waals surface area contributed by atoms with Crippen LogP contribution in [0.15, 0.2) is 34.7 Å². The Balaban J connectivity index is 1.63. The van der Waals surface area contributed by atoms with Gasteiger partial charge in [-0.3, -0.25) is 9.52 Å². The number of esters is 1. The Bertz CT molecular complexity index is 1300. The Morgan fingerprint density at radius 3 is 2.74 bits per heavy atom. The van der Waals surface area contributed by atoms with E-state index in [2.05, 4.69) is 14.7 Å². The van der Waals surface area contributed by atoms with Gasteiger partial charge in [-0.2, -0.15) is 0 Å². The second-order valence-corrected chi connectivity index (χ2v) is 10.1. The zero-order valence-electron chi connectivity index (χ0n) is 16.8. The van der Waals surface area contributed by atoms with E-state index in [0.29, 0.717) is 28.9 Å². The topological polar surface area (TPSA) is 129 Å². The summed E-state index contributed by atoms with van der Waals surface area (Å²) in [6.45, 7) is 1.67. The Hall–Kier alpha value is -2.99. The fraction of sp³-hybridized carbons (Fsp3) is 0.368. The van der Waals surface area contributed by atoms with Crippen molar-refractivity contribution in [2.24, 2.45) is 7.05 Å². The molecule has 0 aromatic carbocycles. The molecule has 3 aromatic rings. The predicted molar refractivity (Wildman–Crippen MR) is 115 cm³/mol. The summed E-state index contributed by atoms with van der Waals surface area (Å²) in [6, 6.07) is 3.07. The molecule has 1 aliphatic rings. The minimum Gasteiger partial charge on any atom is -0.474 e. The van der Waals surface area contributed by atoms with Gasteiger partial charge in [0.25, 0.3) is 5.56 Å². The average molecular weight is 465 g/mol. The van der Waals surface area contributed by atoms with Crippen molar-refractivity contribution in [1.29, 1.82) is 0 Å². The van der Waals surface area contributed by atoms with Crippen molar-refractivity contribution in [3.63, 3.8) is 0 Å². The summed E-state index contributed by atoms with van der Waals surface area (Å²) >= 11 is 1.19. The lowest BCUT2D eigenvalue weighted by atomic mass is 10.2. The van der Waals surface area contributed by atoms with E-state index in [1.54, 1.807) is 18.4 Å². The molecule has 10 nitrogen and oxygen atoms in total. The predicted octanol–water partition coefficient (Wildman–Crippen LogP) is 1.92. The Morgan fingerprint density at radius 2 is 2.10 bits per heavy atom. The van der Waals surface area contributed by atoms with E-state index in [-0.39, 0.29) is 24.7 Å². The van der Waals surface area contributed by atoms with Crippen LogP contribution in [0.4, 0.5) is 5.13 Å². The van der Waals surface area contributed by atoms with Crippen molar-refractivity contribution in [2.75, 3.05) is 17.9 Å². The van der Waals surface area contributed by atoms with Crippen LogP contribution in [-0.2, 0) is 21.8 Å². The van der Waals surface area contributed by atoms with Crippen LogP contribution in [0.25, 0.3) is 10.9 Å². The lowest BCUT2D eigenvalue weighted by Gasteiger charge is -2.18. The number of anilines is 1. The largest absolute Gasteiger partial charge is 0.474 e. The van der Waals surface area contributed by atoms with Gasteiger partial charge in [-0.15, -0.1) is 11.3 Å². The van der Waals surface area contributed by atoms with Crippen molar-refractivity contribution in [1.82, 2.24) is 14.5 Å². The van der Waals surface area contributed by atoms with Crippen LogP contribution in [0.3, 0.4) is 0 Å². The number of hydrogen-bond acceptors (Lipinski definition) is 9. The summed E-state index contributed by atoms with van der Waals surface area (Å²) in [5.74, 6) is -0.594. The third kappa shape index (κ3) is 3.88. The maximum absolute atomic E-state index is 12.8. The number of aromatic nitrogens is 3. The highest BCUT2D eigenvalue weighted by Gasteiger charge is 2.56. The van der Waals surface area contributed by atoms with Crippen molar-refractivity contribution in [3.8, 4) is 5.88 Å². The molecular formula is C19H20N4O6S2. The summed E-state index contributed by atoms with van der Waals surface area (Å²) in [5.41, 5.74) is -0.285. The fourth-order valence-electron chi connectivity index (χ4n) is 3.19. The van der Waals surface area contributed by atoms with Crippen LogP contribution in [0.1, 0.15) is 30.1 Å². The van der Waals surface area contributed by atoms with E-state index in [9.17, 15) is 18.0 Å². The van der Waals surface area contributed by atoms with Crippen LogP contribution < -0.4 is 15.0 Å². The number of pyridine rings is 2. The molecule has 0 amide bonds. The molecule has 0 saturated heterocycles. The zero-order chi connectivity index (χ0) is 22.2.